The molecule has 1 amide bonds. The average Bonchev–Trinajstić information content (AvgIpc) is 2.72. The molecule has 2 aromatic carbocycles. The summed E-state index contributed by atoms with van der Waals surface area (Å²) >= 11 is 6.21. The molecule has 6 heteroatoms. The van der Waals surface area contributed by atoms with E-state index >= 15 is 0 Å². The van der Waals surface area contributed by atoms with Gasteiger partial charge in [0.15, 0.2) is 0 Å². The minimum Gasteiger partial charge on any atom is -0.466 e. The topological polar surface area (TPSA) is 59.0 Å². The minimum atomic E-state index is -0.638. The van der Waals surface area contributed by atoms with Gasteiger partial charge in [0.25, 0.3) is 5.91 Å². The third kappa shape index (κ3) is 3.78. The third-order valence-electron chi connectivity index (χ3n) is 4.22. The van der Waals surface area contributed by atoms with E-state index in [-0.39, 0.29) is 18.5 Å². The van der Waals surface area contributed by atoms with Gasteiger partial charge in [-0.25, -0.2) is 0 Å². The molecule has 5 nitrogen and oxygen atoms in total. The maximum atomic E-state index is 12.9. The fourth-order valence-corrected chi connectivity index (χ4v) is 3.11. The van der Waals surface area contributed by atoms with Gasteiger partial charge < -0.3 is 9.64 Å². The Morgan fingerprint density at radius 3 is 2.65 bits per heavy atom. The number of benzodiazepines with no additional fused rings is 1. The van der Waals surface area contributed by atoms with Crippen LogP contribution in [0.1, 0.15) is 24.5 Å². The fourth-order valence-electron chi connectivity index (χ4n) is 2.94. The first-order valence-electron chi connectivity index (χ1n) is 8.31. The van der Waals surface area contributed by atoms with Crippen molar-refractivity contribution in [3.05, 3.63) is 64.7 Å². The lowest BCUT2D eigenvalue weighted by Gasteiger charge is -2.20. The lowest BCUT2D eigenvalue weighted by Crippen LogP contribution is -2.35. The van der Waals surface area contributed by atoms with Crippen molar-refractivity contribution < 1.29 is 14.3 Å². The number of benzene rings is 2. The van der Waals surface area contributed by atoms with Crippen LogP contribution in [0.4, 0.5) is 5.69 Å². The van der Waals surface area contributed by atoms with Crippen LogP contribution in [0.2, 0.25) is 5.02 Å². The van der Waals surface area contributed by atoms with Gasteiger partial charge in [0, 0.05) is 36.5 Å². The molecule has 134 valence electrons. The Balaban J connectivity index is 2.08. The van der Waals surface area contributed by atoms with E-state index in [0.29, 0.717) is 17.2 Å². The molecule has 1 heterocycles. The Morgan fingerprint density at radius 2 is 1.96 bits per heavy atom. The predicted octanol–water partition coefficient (Wildman–Crippen LogP) is 3.48. The highest BCUT2D eigenvalue weighted by Crippen LogP contribution is 2.30. The molecular weight excluding hydrogens is 352 g/mol. The number of aliphatic imine (C=N–C) groups is 1. The summed E-state index contributed by atoms with van der Waals surface area (Å²) in [6, 6.07) is 14.4. The van der Waals surface area contributed by atoms with Crippen molar-refractivity contribution in [3.63, 3.8) is 0 Å². The number of carbonyl (C=O) groups is 2. The molecule has 1 atom stereocenters. The van der Waals surface area contributed by atoms with Crippen molar-refractivity contribution in [2.24, 2.45) is 4.99 Å². The molecule has 2 aromatic rings. The van der Waals surface area contributed by atoms with Gasteiger partial charge in [-0.15, -0.1) is 0 Å². The number of nitrogens with zero attached hydrogens (tertiary/aromatic N) is 2. The van der Waals surface area contributed by atoms with Crippen LogP contribution in [-0.2, 0) is 14.3 Å². The van der Waals surface area contributed by atoms with Gasteiger partial charge in [-0.2, -0.15) is 0 Å². The number of hydrogen-bond donors (Lipinski definition) is 0. The van der Waals surface area contributed by atoms with E-state index in [1.54, 1.807) is 18.0 Å². The van der Waals surface area contributed by atoms with Crippen LogP contribution in [0.5, 0.6) is 0 Å². The molecule has 1 aliphatic rings. The molecule has 0 aliphatic carbocycles. The number of ether oxygens (including phenoxy) is 1. The Labute approximate surface area is 157 Å². The van der Waals surface area contributed by atoms with Crippen LogP contribution in [-0.4, -0.2) is 37.3 Å². The fraction of sp³-hybridized carbons (Fsp3) is 0.250. The molecule has 0 spiro atoms. The lowest BCUT2D eigenvalue weighted by atomic mass is 10.0. The maximum Gasteiger partial charge on any atom is 0.302 e. The van der Waals surface area contributed by atoms with Gasteiger partial charge in [0.2, 0.25) is 0 Å². The first-order valence-corrected chi connectivity index (χ1v) is 8.69. The summed E-state index contributed by atoms with van der Waals surface area (Å²) < 4.78 is 5.01. The number of carbonyl (C=O) groups excluding carboxylic acids is 2. The average molecular weight is 371 g/mol. The van der Waals surface area contributed by atoms with E-state index in [9.17, 15) is 9.59 Å². The van der Waals surface area contributed by atoms with Crippen LogP contribution < -0.4 is 4.90 Å². The van der Waals surface area contributed by atoms with Gasteiger partial charge in [-0.3, -0.25) is 14.6 Å². The quantitative estimate of drug-likeness (QED) is 0.774. The first kappa shape index (κ1) is 18.1. The summed E-state index contributed by atoms with van der Waals surface area (Å²) in [5.41, 5.74) is 3.15. The summed E-state index contributed by atoms with van der Waals surface area (Å²) in [7, 11) is 1.72. The van der Waals surface area contributed by atoms with Crippen molar-refractivity contribution in [1.29, 1.82) is 0 Å². The number of likely N-dealkylation sites (N-methyl/N-ethyl adjacent to an activating group) is 1. The normalized spacial score (nSPS) is 16.6. The van der Waals surface area contributed by atoms with Gasteiger partial charge in [0.1, 0.15) is 6.04 Å². The second-order valence-electron chi connectivity index (χ2n) is 6.05. The van der Waals surface area contributed by atoms with E-state index < -0.39 is 6.04 Å². The van der Waals surface area contributed by atoms with Crippen molar-refractivity contribution in [2.75, 3.05) is 18.6 Å². The van der Waals surface area contributed by atoms with Crippen molar-refractivity contribution in [3.8, 4) is 0 Å². The second-order valence-corrected chi connectivity index (χ2v) is 6.48. The molecule has 0 saturated heterocycles. The molecule has 0 saturated carbocycles. The molecule has 1 aliphatic heterocycles. The smallest absolute Gasteiger partial charge is 0.302 e. The predicted molar refractivity (Wildman–Crippen MR) is 102 cm³/mol. The number of amides is 1. The molecule has 1 unspecified atom stereocenters. The number of fused-ring (bicyclic) bond motifs is 1. The number of halogens is 1. The van der Waals surface area contributed by atoms with Crippen LogP contribution >= 0.6 is 11.6 Å². The van der Waals surface area contributed by atoms with Gasteiger partial charge >= 0.3 is 5.97 Å². The second kappa shape index (κ2) is 7.70. The number of hydrogen-bond acceptors (Lipinski definition) is 4. The zero-order valence-electron chi connectivity index (χ0n) is 14.6. The van der Waals surface area contributed by atoms with E-state index in [1.807, 2.05) is 42.5 Å². The zero-order valence-corrected chi connectivity index (χ0v) is 15.4. The van der Waals surface area contributed by atoms with Crippen LogP contribution in [0.25, 0.3) is 0 Å². The summed E-state index contributed by atoms with van der Waals surface area (Å²) in [5.74, 6) is -0.520. The van der Waals surface area contributed by atoms with E-state index in [4.69, 9.17) is 21.3 Å². The van der Waals surface area contributed by atoms with Crippen LogP contribution in [0.3, 0.4) is 0 Å². The number of rotatable bonds is 4. The third-order valence-corrected chi connectivity index (χ3v) is 4.45. The molecule has 0 fully saturated rings. The summed E-state index contributed by atoms with van der Waals surface area (Å²) in [4.78, 5) is 30.2. The summed E-state index contributed by atoms with van der Waals surface area (Å²) in [6.07, 6.45) is 0.320. The molecule has 0 N–H and O–H groups in total. The monoisotopic (exact) mass is 370 g/mol. The zero-order chi connectivity index (χ0) is 18.7. The summed E-state index contributed by atoms with van der Waals surface area (Å²) in [6.45, 7) is 1.49. The molecule has 0 bridgehead atoms. The van der Waals surface area contributed by atoms with Gasteiger partial charge in [-0.05, 0) is 18.2 Å². The largest absolute Gasteiger partial charge is 0.466 e. The molecular formula is C20H19ClN2O3. The lowest BCUT2D eigenvalue weighted by molar-refractivity contribution is -0.141. The Morgan fingerprint density at radius 1 is 1.23 bits per heavy atom. The SMILES string of the molecule is CC(=O)OCCC1N=C(c2ccccc2)c2cc(Cl)ccc2N(C)C1=O. The molecule has 0 radical (unpaired) electrons. The van der Waals surface area contributed by atoms with Crippen LogP contribution in [0.15, 0.2) is 53.5 Å². The molecule has 0 aromatic heterocycles. The highest BCUT2D eigenvalue weighted by atomic mass is 35.5. The van der Waals surface area contributed by atoms with Crippen molar-refractivity contribution in [1.82, 2.24) is 0 Å². The highest BCUT2D eigenvalue weighted by Gasteiger charge is 2.30. The first-order chi connectivity index (χ1) is 12.5. The maximum absolute atomic E-state index is 12.9. The number of esters is 1. The van der Waals surface area contributed by atoms with Crippen molar-refractivity contribution >= 4 is 34.9 Å². The number of anilines is 1. The Bertz CT molecular complexity index is 865. The Kier molecular flexibility index (Phi) is 5.38. The Hall–Kier alpha value is -2.66. The van der Waals surface area contributed by atoms with Gasteiger partial charge in [-0.1, -0.05) is 41.9 Å². The highest BCUT2D eigenvalue weighted by molar-refractivity contribution is 6.32. The summed E-state index contributed by atoms with van der Waals surface area (Å²) in [5, 5.41) is 0.576. The van der Waals surface area contributed by atoms with Crippen LogP contribution in [0, 0.1) is 0 Å². The molecule has 26 heavy (non-hydrogen) atoms. The molecule has 3 rings (SSSR count). The minimum absolute atomic E-state index is 0.141. The van der Waals surface area contributed by atoms with E-state index in [0.717, 1.165) is 16.8 Å². The van der Waals surface area contributed by atoms with E-state index in [2.05, 4.69) is 0 Å². The van der Waals surface area contributed by atoms with Gasteiger partial charge in [0.05, 0.1) is 18.0 Å². The van der Waals surface area contributed by atoms with Crippen molar-refractivity contribution in [2.45, 2.75) is 19.4 Å². The van der Waals surface area contributed by atoms with E-state index in [1.165, 1.54) is 6.92 Å². The standard InChI is InChI=1S/C20H19ClN2O3/c1-13(24)26-11-10-17-20(25)23(2)18-9-8-15(21)12-16(18)19(22-17)14-6-4-3-5-7-14/h3-9,12,17H,10-11H2,1-2H3.